The Kier molecular flexibility index (Phi) is 3.31. The smallest absolute Gasteiger partial charge is 0.176 e. The van der Waals surface area contributed by atoms with E-state index in [2.05, 4.69) is 15.9 Å². The largest absolute Gasteiger partial charge is 0.490 e. The van der Waals surface area contributed by atoms with Crippen LogP contribution in [0.4, 0.5) is 0 Å². The molecule has 0 amide bonds. The van der Waals surface area contributed by atoms with Crippen LogP contribution in [-0.4, -0.2) is 11.9 Å². The highest BCUT2D eigenvalue weighted by Gasteiger charge is 2.06. The number of rotatable bonds is 4. The van der Waals surface area contributed by atoms with E-state index in [-0.39, 0.29) is 0 Å². The Labute approximate surface area is 97.3 Å². The van der Waals surface area contributed by atoms with Crippen molar-refractivity contribution >= 4 is 26.9 Å². The summed E-state index contributed by atoms with van der Waals surface area (Å²) in [5.74, 6) is 1.75. The first-order valence-electron chi connectivity index (χ1n) is 4.99. The average molecular weight is 269 g/mol. The molecule has 0 unspecified atom stereocenters. The monoisotopic (exact) mass is 268 g/mol. The van der Waals surface area contributed by atoms with Crippen LogP contribution < -0.4 is 4.74 Å². The van der Waals surface area contributed by atoms with Gasteiger partial charge in [-0.3, -0.25) is 0 Å². The quantitative estimate of drug-likeness (QED) is 0.620. The first kappa shape index (κ1) is 10.6. The second kappa shape index (κ2) is 4.71. The molecule has 2 aromatic rings. The van der Waals surface area contributed by atoms with Crippen molar-refractivity contribution < 1.29 is 9.15 Å². The summed E-state index contributed by atoms with van der Waals surface area (Å²) in [6.07, 6.45) is 0.996. The Balaban J connectivity index is 2.25. The molecule has 3 heteroatoms. The third-order valence-electron chi connectivity index (χ3n) is 2.17. The van der Waals surface area contributed by atoms with Crippen LogP contribution in [0, 0.1) is 6.92 Å². The van der Waals surface area contributed by atoms with Gasteiger partial charge in [0, 0.05) is 10.7 Å². The minimum absolute atomic E-state index is 0.712. The van der Waals surface area contributed by atoms with Crippen molar-refractivity contribution in [2.45, 2.75) is 13.3 Å². The summed E-state index contributed by atoms with van der Waals surface area (Å²) in [5, 5.41) is 2.06. The van der Waals surface area contributed by atoms with Crippen molar-refractivity contribution in [1.29, 1.82) is 0 Å². The fourth-order valence-corrected chi connectivity index (χ4v) is 1.74. The van der Waals surface area contributed by atoms with Crippen LogP contribution >= 0.6 is 15.9 Å². The van der Waals surface area contributed by atoms with Crippen LogP contribution in [0.5, 0.6) is 5.75 Å². The molecule has 0 saturated heterocycles. The van der Waals surface area contributed by atoms with Crippen LogP contribution in [0.3, 0.4) is 0 Å². The molecular formula is C12H13BrO2. The second-order valence-corrected chi connectivity index (χ2v) is 4.22. The number of ether oxygens (including phenoxy) is 1. The molecule has 0 N–H and O–H groups in total. The third kappa shape index (κ3) is 2.34. The maximum atomic E-state index is 5.65. The molecule has 2 rings (SSSR count). The van der Waals surface area contributed by atoms with Crippen molar-refractivity contribution in [2.75, 3.05) is 11.9 Å². The molecule has 15 heavy (non-hydrogen) atoms. The van der Waals surface area contributed by atoms with Crippen molar-refractivity contribution in [2.24, 2.45) is 0 Å². The van der Waals surface area contributed by atoms with E-state index in [1.165, 1.54) is 0 Å². The molecule has 80 valence electrons. The molecule has 0 fully saturated rings. The van der Waals surface area contributed by atoms with Gasteiger partial charge in [0.15, 0.2) is 11.3 Å². The van der Waals surface area contributed by atoms with Gasteiger partial charge in [0.25, 0.3) is 0 Å². The second-order valence-electron chi connectivity index (χ2n) is 3.42. The van der Waals surface area contributed by atoms with Crippen molar-refractivity contribution in [1.82, 2.24) is 0 Å². The van der Waals surface area contributed by atoms with Crippen LogP contribution in [0.25, 0.3) is 11.0 Å². The van der Waals surface area contributed by atoms with Crippen molar-refractivity contribution in [3.63, 3.8) is 0 Å². The van der Waals surface area contributed by atoms with E-state index in [0.717, 1.165) is 34.2 Å². The minimum atomic E-state index is 0.712. The molecule has 0 spiro atoms. The normalized spacial score (nSPS) is 10.8. The molecule has 0 aliphatic rings. The summed E-state index contributed by atoms with van der Waals surface area (Å²) in [4.78, 5) is 0. The van der Waals surface area contributed by atoms with Gasteiger partial charge in [0.05, 0.1) is 6.61 Å². The topological polar surface area (TPSA) is 22.4 Å². The Bertz CT molecular complexity index is 448. The first-order chi connectivity index (χ1) is 7.31. The maximum absolute atomic E-state index is 5.65. The van der Waals surface area contributed by atoms with Gasteiger partial charge in [-0.25, -0.2) is 0 Å². The Morgan fingerprint density at radius 1 is 1.40 bits per heavy atom. The van der Waals surface area contributed by atoms with Gasteiger partial charge in [0.2, 0.25) is 0 Å². The van der Waals surface area contributed by atoms with Crippen LogP contribution in [-0.2, 0) is 0 Å². The van der Waals surface area contributed by atoms with Gasteiger partial charge < -0.3 is 9.15 Å². The maximum Gasteiger partial charge on any atom is 0.176 e. The molecule has 0 saturated carbocycles. The highest BCUT2D eigenvalue weighted by Crippen LogP contribution is 2.28. The zero-order valence-corrected chi connectivity index (χ0v) is 10.2. The lowest BCUT2D eigenvalue weighted by molar-refractivity contribution is 0.317. The van der Waals surface area contributed by atoms with Gasteiger partial charge in [0.1, 0.15) is 5.76 Å². The van der Waals surface area contributed by atoms with Crippen molar-refractivity contribution in [3.8, 4) is 5.75 Å². The number of furan rings is 1. The molecule has 0 radical (unpaired) electrons. The summed E-state index contributed by atoms with van der Waals surface area (Å²) in [6.45, 7) is 2.66. The average Bonchev–Trinajstić information content (AvgIpc) is 2.59. The van der Waals surface area contributed by atoms with Gasteiger partial charge in [-0.05, 0) is 25.5 Å². The van der Waals surface area contributed by atoms with E-state index in [9.17, 15) is 0 Å². The first-order valence-corrected chi connectivity index (χ1v) is 6.11. The summed E-state index contributed by atoms with van der Waals surface area (Å²) in [5.41, 5.74) is 0.851. The van der Waals surface area contributed by atoms with Gasteiger partial charge >= 0.3 is 0 Å². The molecule has 0 bridgehead atoms. The summed E-state index contributed by atoms with van der Waals surface area (Å²) in [6, 6.07) is 7.98. The van der Waals surface area contributed by atoms with E-state index >= 15 is 0 Å². The standard InChI is InChI=1S/C12H13BrO2/c1-9-8-10-4-2-5-11(12(10)15-9)14-7-3-6-13/h2,4-5,8H,3,6-7H2,1H3. The Morgan fingerprint density at radius 3 is 3.07 bits per heavy atom. The van der Waals surface area contributed by atoms with E-state index in [1.807, 2.05) is 31.2 Å². The van der Waals surface area contributed by atoms with Crippen LogP contribution in [0.1, 0.15) is 12.2 Å². The van der Waals surface area contributed by atoms with E-state index in [0.29, 0.717) is 6.61 Å². The summed E-state index contributed by atoms with van der Waals surface area (Å²) >= 11 is 3.37. The van der Waals surface area contributed by atoms with Gasteiger partial charge in [-0.1, -0.05) is 28.1 Å². The lowest BCUT2D eigenvalue weighted by Gasteiger charge is -2.04. The summed E-state index contributed by atoms with van der Waals surface area (Å²) in [7, 11) is 0. The third-order valence-corrected chi connectivity index (χ3v) is 2.73. The molecule has 2 nitrogen and oxygen atoms in total. The van der Waals surface area contributed by atoms with E-state index < -0.39 is 0 Å². The SMILES string of the molecule is Cc1cc2cccc(OCCCBr)c2o1. The fourth-order valence-electron chi connectivity index (χ4n) is 1.52. The molecular weight excluding hydrogens is 256 g/mol. The Morgan fingerprint density at radius 2 is 2.27 bits per heavy atom. The molecule has 0 aliphatic carbocycles. The molecule has 1 aromatic carbocycles. The number of benzene rings is 1. The number of alkyl halides is 1. The molecule has 0 atom stereocenters. The highest BCUT2D eigenvalue weighted by atomic mass is 79.9. The van der Waals surface area contributed by atoms with E-state index in [4.69, 9.17) is 9.15 Å². The number of hydrogen-bond donors (Lipinski definition) is 0. The minimum Gasteiger partial charge on any atom is -0.490 e. The molecule has 1 aromatic heterocycles. The number of hydrogen-bond acceptors (Lipinski definition) is 2. The number of halogens is 1. The zero-order chi connectivity index (χ0) is 10.7. The number of para-hydroxylation sites is 1. The number of fused-ring (bicyclic) bond motifs is 1. The lowest BCUT2D eigenvalue weighted by Crippen LogP contribution is -1.97. The predicted molar refractivity (Wildman–Crippen MR) is 64.9 cm³/mol. The predicted octanol–water partition coefficient (Wildman–Crippen LogP) is 3.91. The number of aryl methyl sites for hydroxylation is 1. The van der Waals surface area contributed by atoms with Crippen LogP contribution in [0.2, 0.25) is 0 Å². The lowest BCUT2D eigenvalue weighted by atomic mass is 10.2. The van der Waals surface area contributed by atoms with E-state index in [1.54, 1.807) is 0 Å². The molecule has 1 heterocycles. The molecule has 0 aliphatic heterocycles. The summed E-state index contributed by atoms with van der Waals surface area (Å²) < 4.78 is 11.2. The highest BCUT2D eigenvalue weighted by molar-refractivity contribution is 9.09. The van der Waals surface area contributed by atoms with Crippen LogP contribution in [0.15, 0.2) is 28.7 Å². The zero-order valence-electron chi connectivity index (χ0n) is 8.63. The van der Waals surface area contributed by atoms with Gasteiger partial charge in [-0.2, -0.15) is 0 Å². The fraction of sp³-hybridized carbons (Fsp3) is 0.333. The van der Waals surface area contributed by atoms with Crippen molar-refractivity contribution in [3.05, 3.63) is 30.0 Å². The Hall–Kier alpha value is -0.960. The van der Waals surface area contributed by atoms with Gasteiger partial charge in [-0.15, -0.1) is 0 Å².